The number of nitrogens with one attached hydrogen (secondary N) is 2. The summed E-state index contributed by atoms with van der Waals surface area (Å²) >= 11 is 4.91. The molecule has 3 aromatic rings. The van der Waals surface area contributed by atoms with E-state index >= 15 is 0 Å². The van der Waals surface area contributed by atoms with Crippen molar-refractivity contribution in [3.05, 3.63) is 62.9 Å². The number of hydrogen-bond donors (Lipinski definition) is 3. The lowest BCUT2D eigenvalue weighted by Gasteiger charge is -2.12. The number of carbonyl (C=O) groups excluding carboxylic acids is 1. The molecular weight excluding hydrogens is 378 g/mol. The van der Waals surface area contributed by atoms with E-state index in [1.54, 1.807) is 11.3 Å². The van der Waals surface area contributed by atoms with Gasteiger partial charge in [-0.1, -0.05) is 28.1 Å². The van der Waals surface area contributed by atoms with Crippen molar-refractivity contribution in [2.75, 3.05) is 6.54 Å². The first-order chi connectivity index (χ1) is 11.1. The number of benzene rings is 1. The Morgan fingerprint density at radius 1 is 1.43 bits per heavy atom. The van der Waals surface area contributed by atoms with Gasteiger partial charge in [-0.2, -0.15) is 16.4 Å². The minimum atomic E-state index is -0.770. The Bertz CT molecular complexity index is 801. The lowest BCUT2D eigenvalue weighted by atomic mass is 10.1. The van der Waals surface area contributed by atoms with Gasteiger partial charge in [0, 0.05) is 22.0 Å². The number of aromatic amines is 1. The molecule has 0 aliphatic rings. The SMILES string of the molecule is O=C(NC[C@@H](O)c1cccc(Br)c1)c1cn[nH]c1-c1ccsc1. The molecule has 0 saturated heterocycles. The topological polar surface area (TPSA) is 78.0 Å². The minimum absolute atomic E-state index is 0.129. The van der Waals surface area contributed by atoms with E-state index in [-0.39, 0.29) is 12.5 Å². The summed E-state index contributed by atoms with van der Waals surface area (Å²) in [6, 6.07) is 9.29. The quantitative estimate of drug-likeness (QED) is 0.623. The van der Waals surface area contributed by atoms with Crippen molar-refractivity contribution < 1.29 is 9.90 Å². The van der Waals surface area contributed by atoms with Crippen molar-refractivity contribution in [2.45, 2.75) is 6.10 Å². The zero-order valence-corrected chi connectivity index (χ0v) is 14.4. The average molecular weight is 392 g/mol. The average Bonchev–Trinajstić information content (AvgIpc) is 3.22. The van der Waals surface area contributed by atoms with Gasteiger partial charge >= 0.3 is 0 Å². The third-order valence-corrected chi connectivity index (χ3v) is 4.56. The van der Waals surface area contributed by atoms with Crippen molar-refractivity contribution >= 4 is 33.2 Å². The molecule has 0 bridgehead atoms. The molecule has 0 saturated carbocycles. The molecule has 1 atom stereocenters. The van der Waals surface area contributed by atoms with Crippen LogP contribution in [0.1, 0.15) is 22.0 Å². The fourth-order valence-corrected chi connectivity index (χ4v) is 3.27. The summed E-state index contributed by atoms with van der Waals surface area (Å²) in [5.41, 5.74) is 2.81. The van der Waals surface area contributed by atoms with Gasteiger partial charge in [0.1, 0.15) is 0 Å². The molecule has 0 unspecified atom stereocenters. The molecule has 5 nitrogen and oxygen atoms in total. The van der Waals surface area contributed by atoms with Gasteiger partial charge < -0.3 is 10.4 Å². The van der Waals surface area contributed by atoms with Crippen LogP contribution in [0.25, 0.3) is 11.3 Å². The van der Waals surface area contributed by atoms with Crippen LogP contribution in [-0.4, -0.2) is 27.8 Å². The number of carbonyl (C=O) groups is 1. The van der Waals surface area contributed by atoms with Crippen LogP contribution in [0.4, 0.5) is 0 Å². The second-order valence-corrected chi connectivity index (χ2v) is 6.65. The van der Waals surface area contributed by atoms with Crippen LogP contribution >= 0.6 is 27.3 Å². The van der Waals surface area contributed by atoms with Crippen LogP contribution in [0.2, 0.25) is 0 Å². The Morgan fingerprint density at radius 3 is 3.04 bits per heavy atom. The number of halogens is 1. The lowest BCUT2D eigenvalue weighted by molar-refractivity contribution is 0.0917. The molecule has 1 amide bonds. The third-order valence-electron chi connectivity index (χ3n) is 3.38. The van der Waals surface area contributed by atoms with E-state index in [0.29, 0.717) is 11.3 Å². The van der Waals surface area contributed by atoms with Gasteiger partial charge in [0.05, 0.1) is 23.6 Å². The summed E-state index contributed by atoms with van der Waals surface area (Å²) in [5, 5.41) is 23.6. The second-order valence-electron chi connectivity index (χ2n) is 4.95. The summed E-state index contributed by atoms with van der Waals surface area (Å²) in [6.45, 7) is 0.129. The summed E-state index contributed by atoms with van der Waals surface area (Å²) in [4.78, 5) is 12.3. The molecule has 118 valence electrons. The molecule has 3 N–H and O–H groups in total. The Morgan fingerprint density at radius 2 is 2.30 bits per heavy atom. The number of H-pyrrole nitrogens is 1. The van der Waals surface area contributed by atoms with Gasteiger partial charge in [0.2, 0.25) is 0 Å². The highest BCUT2D eigenvalue weighted by Crippen LogP contribution is 2.23. The molecule has 0 fully saturated rings. The standard InChI is InChI=1S/C16H14BrN3O2S/c17-12-3-1-2-10(6-12)14(21)8-18-16(22)13-7-19-20-15(13)11-4-5-23-9-11/h1-7,9,14,21H,8H2,(H,18,22)(H,19,20)/t14-/m1/s1. The van der Waals surface area contributed by atoms with Crippen molar-refractivity contribution in [3.63, 3.8) is 0 Å². The van der Waals surface area contributed by atoms with Crippen molar-refractivity contribution in [1.29, 1.82) is 0 Å². The first-order valence-corrected chi connectivity index (χ1v) is 8.66. The third kappa shape index (κ3) is 3.69. The highest BCUT2D eigenvalue weighted by molar-refractivity contribution is 9.10. The molecule has 23 heavy (non-hydrogen) atoms. The van der Waals surface area contributed by atoms with Gasteiger partial charge in [-0.15, -0.1) is 0 Å². The Kier molecular flexibility index (Phi) is 4.90. The van der Waals surface area contributed by atoms with Gasteiger partial charge in [-0.05, 0) is 29.1 Å². The molecule has 0 radical (unpaired) electrons. The van der Waals surface area contributed by atoms with Crippen molar-refractivity contribution in [1.82, 2.24) is 15.5 Å². The molecular formula is C16H14BrN3O2S. The van der Waals surface area contributed by atoms with Gasteiger partial charge in [-0.3, -0.25) is 9.89 Å². The number of thiophene rings is 1. The first-order valence-electron chi connectivity index (χ1n) is 6.93. The van der Waals surface area contributed by atoms with E-state index < -0.39 is 6.10 Å². The van der Waals surface area contributed by atoms with Gasteiger partial charge in [0.25, 0.3) is 5.91 Å². The van der Waals surface area contributed by atoms with E-state index in [4.69, 9.17) is 0 Å². The maximum atomic E-state index is 12.3. The van der Waals surface area contributed by atoms with Crippen LogP contribution < -0.4 is 5.32 Å². The van der Waals surface area contributed by atoms with E-state index in [2.05, 4.69) is 31.4 Å². The number of rotatable bonds is 5. The van der Waals surface area contributed by atoms with Gasteiger partial charge in [0.15, 0.2) is 0 Å². The molecule has 0 aliphatic carbocycles. The maximum absolute atomic E-state index is 12.3. The smallest absolute Gasteiger partial charge is 0.255 e. The van der Waals surface area contributed by atoms with E-state index in [0.717, 1.165) is 15.6 Å². The van der Waals surface area contributed by atoms with E-state index in [1.165, 1.54) is 6.20 Å². The fourth-order valence-electron chi connectivity index (χ4n) is 2.20. The molecule has 0 spiro atoms. The van der Waals surface area contributed by atoms with Crippen LogP contribution in [0.3, 0.4) is 0 Å². The number of amides is 1. The Balaban J connectivity index is 1.68. The van der Waals surface area contributed by atoms with Gasteiger partial charge in [-0.25, -0.2) is 0 Å². The first kappa shape index (κ1) is 15.9. The van der Waals surface area contributed by atoms with Crippen LogP contribution in [0, 0.1) is 0 Å². The molecule has 2 heterocycles. The molecule has 3 rings (SSSR count). The van der Waals surface area contributed by atoms with Crippen LogP contribution in [0.15, 0.2) is 51.8 Å². The molecule has 0 aliphatic heterocycles. The summed E-state index contributed by atoms with van der Waals surface area (Å²) in [7, 11) is 0. The van der Waals surface area contributed by atoms with E-state index in [9.17, 15) is 9.90 Å². The number of nitrogens with zero attached hydrogens (tertiary/aromatic N) is 1. The predicted molar refractivity (Wildman–Crippen MR) is 93.3 cm³/mol. The largest absolute Gasteiger partial charge is 0.387 e. The Hall–Kier alpha value is -1.96. The predicted octanol–water partition coefficient (Wildman–Crippen LogP) is 3.36. The number of aromatic nitrogens is 2. The maximum Gasteiger partial charge on any atom is 0.255 e. The van der Waals surface area contributed by atoms with E-state index in [1.807, 2.05) is 41.1 Å². The highest BCUT2D eigenvalue weighted by Gasteiger charge is 2.17. The summed E-state index contributed by atoms with van der Waals surface area (Å²) in [5.74, 6) is -0.269. The Labute approximate surface area is 145 Å². The highest BCUT2D eigenvalue weighted by atomic mass is 79.9. The monoisotopic (exact) mass is 391 g/mol. The van der Waals surface area contributed by atoms with Crippen molar-refractivity contribution in [2.24, 2.45) is 0 Å². The zero-order valence-electron chi connectivity index (χ0n) is 12.0. The normalized spacial score (nSPS) is 12.1. The molecule has 2 aromatic heterocycles. The van der Waals surface area contributed by atoms with Crippen LogP contribution in [0.5, 0.6) is 0 Å². The second kappa shape index (κ2) is 7.08. The summed E-state index contributed by atoms with van der Waals surface area (Å²) < 4.78 is 0.884. The fraction of sp³-hybridized carbons (Fsp3) is 0.125. The zero-order chi connectivity index (χ0) is 16.2. The molecule has 1 aromatic carbocycles. The lowest BCUT2D eigenvalue weighted by Crippen LogP contribution is -2.28. The summed E-state index contributed by atoms with van der Waals surface area (Å²) in [6.07, 6.45) is 0.723. The number of aliphatic hydroxyl groups excluding tert-OH is 1. The minimum Gasteiger partial charge on any atom is -0.387 e. The van der Waals surface area contributed by atoms with Crippen molar-refractivity contribution in [3.8, 4) is 11.3 Å². The van der Waals surface area contributed by atoms with Crippen LogP contribution in [-0.2, 0) is 0 Å². The number of hydrogen-bond acceptors (Lipinski definition) is 4. The molecule has 7 heteroatoms. The number of aliphatic hydroxyl groups is 1.